The lowest BCUT2D eigenvalue weighted by Crippen LogP contribution is -1.98. The molecule has 1 rings (SSSR count). The van der Waals surface area contributed by atoms with Crippen molar-refractivity contribution in [2.75, 3.05) is 7.11 Å². The Balaban J connectivity index is 3.30. The van der Waals surface area contributed by atoms with Crippen LogP contribution >= 0.6 is 39.1 Å². The highest BCUT2D eigenvalue weighted by Gasteiger charge is 2.15. The molecule has 0 unspecified atom stereocenters. The smallest absolute Gasteiger partial charge is 0.205 e. The minimum atomic E-state index is -0.0545. The molecule has 0 heterocycles. The molecular formula is C10H7BrCl2O3. The molecule has 0 saturated heterocycles. The van der Waals surface area contributed by atoms with Crippen LogP contribution in [0.4, 0.5) is 0 Å². The molecular weight excluding hydrogens is 319 g/mol. The number of hydrogen-bond acceptors (Lipinski definition) is 3. The van der Waals surface area contributed by atoms with E-state index in [-0.39, 0.29) is 11.0 Å². The number of methoxy groups -OCH3 is 1. The molecule has 0 atom stereocenters. The Morgan fingerprint density at radius 2 is 2.19 bits per heavy atom. The van der Waals surface area contributed by atoms with Gasteiger partial charge >= 0.3 is 0 Å². The molecule has 0 spiro atoms. The maximum atomic E-state index is 10.9. The van der Waals surface area contributed by atoms with E-state index in [1.165, 1.54) is 7.11 Å². The van der Waals surface area contributed by atoms with Crippen LogP contribution < -0.4 is 9.47 Å². The van der Waals surface area contributed by atoms with Crippen LogP contribution in [0.25, 0.3) is 0 Å². The van der Waals surface area contributed by atoms with E-state index in [9.17, 15) is 4.79 Å². The summed E-state index contributed by atoms with van der Waals surface area (Å²) in [6, 6.07) is 3.32. The minimum absolute atomic E-state index is 0.0545. The van der Waals surface area contributed by atoms with Gasteiger partial charge in [0.2, 0.25) is 5.22 Å². The van der Waals surface area contributed by atoms with Crippen molar-refractivity contribution in [2.45, 2.75) is 0 Å². The molecule has 86 valence electrons. The van der Waals surface area contributed by atoms with Crippen molar-refractivity contribution >= 4 is 45.4 Å². The molecule has 0 aromatic heterocycles. The zero-order valence-electron chi connectivity index (χ0n) is 8.17. The summed E-state index contributed by atoms with van der Waals surface area (Å²) >= 11 is 14.2. The van der Waals surface area contributed by atoms with Crippen molar-refractivity contribution in [2.24, 2.45) is 0 Å². The quantitative estimate of drug-likeness (QED) is 0.621. The second-order valence-electron chi connectivity index (χ2n) is 2.63. The molecule has 0 radical (unpaired) electrons. The topological polar surface area (TPSA) is 35.5 Å². The van der Waals surface area contributed by atoms with Crippen molar-refractivity contribution in [3.8, 4) is 11.5 Å². The normalized spacial score (nSPS) is 11.1. The largest absolute Gasteiger partial charge is 0.493 e. The SMILES string of the molecule is COc1ccc(Br)c(C=O)c1O/C(Cl)=C\Cl. The Morgan fingerprint density at radius 1 is 1.50 bits per heavy atom. The number of benzene rings is 1. The fourth-order valence-corrected chi connectivity index (χ4v) is 1.58. The third kappa shape index (κ3) is 2.90. The van der Waals surface area contributed by atoms with Gasteiger partial charge in [-0.25, -0.2) is 0 Å². The Bertz CT molecular complexity index is 432. The summed E-state index contributed by atoms with van der Waals surface area (Å²) in [7, 11) is 1.46. The first kappa shape index (κ1) is 13.4. The number of rotatable bonds is 4. The summed E-state index contributed by atoms with van der Waals surface area (Å²) in [6.45, 7) is 0. The van der Waals surface area contributed by atoms with Gasteiger partial charge in [-0.2, -0.15) is 0 Å². The van der Waals surface area contributed by atoms with Gasteiger partial charge in [0, 0.05) is 4.47 Å². The molecule has 0 N–H and O–H groups in total. The summed E-state index contributed by atoms with van der Waals surface area (Å²) in [4.78, 5) is 10.9. The first-order chi connectivity index (χ1) is 7.63. The zero-order chi connectivity index (χ0) is 12.1. The summed E-state index contributed by atoms with van der Waals surface area (Å²) in [5.74, 6) is 0.607. The van der Waals surface area contributed by atoms with Gasteiger partial charge in [0.05, 0.1) is 18.2 Å². The van der Waals surface area contributed by atoms with Crippen molar-refractivity contribution < 1.29 is 14.3 Å². The lowest BCUT2D eigenvalue weighted by Gasteiger charge is -2.12. The standard InChI is InChI=1S/C10H7BrCl2O3/c1-15-8-3-2-7(11)6(5-14)10(8)16-9(13)4-12/h2-5H,1H3/b9-4-. The number of aldehydes is 1. The van der Waals surface area contributed by atoms with E-state index in [4.69, 9.17) is 32.7 Å². The number of ether oxygens (including phenoxy) is 2. The van der Waals surface area contributed by atoms with Gasteiger partial charge in [0.25, 0.3) is 0 Å². The highest BCUT2D eigenvalue weighted by atomic mass is 79.9. The van der Waals surface area contributed by atoms with Crippen molar-refractivity contribution in [3.63, 3.8) is 0 Å². The van der Waals surface area contributed by atoms with Crippen LogP contribution in [0, 0.1) is 0 Å². The molecule has 0 bridgehead atoms. The molecule has 1 aromatic rings. The fourth-order valence-electron chi connectivity index (χ4n) is 1.05. The van der Waals surface area contributed by atoms with Crippen molar-refractivity contribution in [3.05, 3.63) is 32.9 Å². The maximum absolute atomic E-state index is 10.9. The predicted octanol–water partition coefficient (Wildman–Crippen LogP) is 3.93. The monoisotopic (exact) mass is 324 g/mol. The predicted molar refractivity (Wildman–Crippen MR) is 66.5 cm³/mol. The summed E-state index contributed by atoms with van der Waals surface area (Å²) < 4.78 is 10.8. The van der Waals surface area contributed by atoms with Gasteiger partial charge in [-0.15, -0.1) is 0 Å². The second-order valence-corrected chi connectivity index (χ2v) is 4.07. The first-order valence-corrected chi connectivity index (χ1v) is 5.70. The molecule has 0 saturated carbocycles. The van der Waals surface area contributed by atoms with E-state index in [1.807, 2.05) is 0 Å². The lowest BCUT2D eigenvalue weighted by molar-refractivity contribution is 0.112. The third-order valence-corrected chi connectivity index (χ3v) is 2.92. The van der Waals surface area contributed by atoms with Crippen LogP contribution in [0.15, 0.2) is 27.4 Å². The summed E-state index contributed by atoms with van der Waals surface area (Å²) in [5.41, 5.74) is 1.35. The number of carbonyl (C=O) groups is 1. The van der Waals surface area contributed by atoms with Gasteiger partial charge in [-0.1, -0.05) is 11.6 Å². The van der Waals surface area contributed by atoms with Crippen LogP contribution in [-0.4, -0.2) is 13.4 Å². The molecule has 16 heavy (non-hydrogen) atoms. The molecule has 6 heteroatoms. The molecule has 1 aromatic carbocycles. The summed E-state index contributed by atoms with van der Waals surface area (Å²) in [6.07, 6.45) is 0.639. The molecule has 0 aliphatic carbocycles. The second kappa shape index (κ2) is 6.13. The van der Waals surface area contributed by atoms with E-state index in [1.54, 1.807) is 12.1 Å². The minimum Gasteiger partial charge on any atom is -0.493 e. The number of halogens is 3. The average Bonchev–Trinajstić information content (AvgIpc) is 2.29. The van der Waals surface area contributed by atoms with E-state index >= 15 is 0 Å². The van der Waals surface area contributed by atoms with Gasteiger partial charge < -0.3 is 9.47 Å². The Labute approximate surface area is 111 Å². The van der Waals surface area contributed by atoms with Crippen LogP contribution in [0.3, 0.4) is 0 Å². The van der Waals surface area contributed by atoms with E-state index < -0.39 is 0 Å². The lowest BCUT2D eigenvalue weighted by atomic mass is 10.2. The van der Waals surface area contributed by atoms with Gasteiger partial charge in [-0.05, 0) is 39.7 Å². The van der Waals surface area contributed by atoms with Crippen LogP contribution in [-0.2, 0) is 0 Å². The van der Waals surface area contributed by atoms with Crippen LogP contribution in [0.1, 0.15) is 10.4 Å². The van der Waals surface area contributed by atoms with Crippen LogP contribution in [0.5, 0.6) is 11.5 Å². The van der Waals surface area contributed by atoms with Crippen molar-refractivity contribution in [1.82, 2.24) is 0 Å². The molecule has 0 amide bonds. The zero-order valence-corrected chi connectivity index (χ0v) is 11.3. The Morgan fingerprint density at radius 3 is 2.69 bits per heavy atom. The number of hydrogen-bond donors (Lipinski definition) is 0. The average molecular weight is 326 g/mol. The summed E-state index contributed by atoms with van der Waals surface area (Å²) in [5, 5.41) is -0.0545. The van der Waals surface area contributed by atoms with E-state index in [2.05, 4.69) is 15.9 Å². The van der Waals surface area contributed by atoms with E-state index in [0.29, 0.717) is 22.1 Å². The molecule has 0 fully saturated rings. The third-order valence-electron chi connectivity index (χ3n) is 1.73. The fraction of sp³-hybridized carbons (Fsp3) is 0.100. The van der Waals surface area contributed by atoms with Crippen LogP contribution in [0.2, 0.25) is 0 Å². The number of carbonyl (C=O) groups excluding carboxylic acids is 1. The highest BCUT2D eigenvalue weighted by Crippen LogP contribution is 2.36. The van der Waals surface area contributed by atoms with Gasteiger partial charge in [0.15, 0.2) is 17.8 Å². The maximum Gasteiger partial charge on any atom is 0.205 e. The van der Waals surface area contributed by atoms with Gasteiger partial charge in [-0.3, -0.25) is 4.79 Å². The Hall–Kier alpha value is -0.710. The Kier molecular flexibility index (Phi) is 5.12. The van der Waals surface area contributed by atoms with Gasteiger partial charge in [0.1, 0.15) is 0 Å². The highest BCUT2D eigenvalue weighted by molar-refractivity contribution is 9.10. The van der Waals surface area contributed by atoms with Crippen molar-refractivity contribution in [1.29, 1.82) is 0 Å². The molecule has 3 nitrogen and oxygen atoms in total. The first-order valence-electron chi connectivity index (χ1n) is 4.09. The molecule has 0 aliphatic rings. The van der Waals surface area contributed by atoms with E-state index in [0.717, 1.165) is 5.54 Å². The molecule has 0 aliphatic heterocycles.